The first kappa shape index (κ1) is 21.1. The smallest absolute Gasteiger partial charge is 0.307 e. The van der Waals surface area contributed by atoms with Crippen LogP contribution in [0.3, 0.4) is 0 Å². The molecule has 2 rings (SSSR count). The summed E-state index contributed by atoms with van der Waals surface area (Å²) in [5.41, 5.74) is 1.94. The fourth-order valence-corrected chi connectivity index (χ4v) is 2.96. The Balaban J connectivity index is 1.96. The molecule has 1 amide bonds. The van der Waals surface area contributed by atoms with Crippen LogP contribution in [0.5, 0.6) is 0 Å². The summed E-state index contributed by atoms with van der Waals surface area (Å²) >= 11 is 0. The monoisotopic (exact) mass is 387 g/mol. The van der Waals surface area contributed by atoms with E-state index in [1.54, 1.807) is 19.1 Å². The molecule has 0 radical (unpaired) electrons. The van der Waals surface area contributed by atoms with Gasteiger partial charge in [-0.15, -0.1) is 0 Å². The average Bonchev–Trinajstić information content (AvgIpc) is 2.61. The third-order valence-corrected chi connectivity index (χ3v) is 4.27. The van der Waals surface area contributed by atoms with Crippen LogP contribution < -0.4 is 5.32 Å². The zero-order valence-electron chi connectivity index (χ0n) is 15.4. The van der Waals surface area contributed by atoms with Crippen LogP contribution in [0.15, 0.2) is 48.5 Å². The van der Waals surface area contributed by atoms with Crippen LogP contribution in [-0.4, -0.2) is 34.1 Å². The van der Waals surface area contributed by atoms with Crippen LogP contribution >= 0.6 is 0 Å². The third-order valence-electron chi connectivity index (χ3n) is 4.27. The molecule has 28 heavy (non-hydrogen) atoms. The van der Waals surface area contributed by atoms with Crippen molar-refractivity contribution in [3.63, 3.8) is 0 Å². The van der Waals surface area contributed by atoms with Crippen molar-refractivity contribution in [2.45, 2.75) is 32.2 Å². The molecule has 7 heteroatoms. The number of aliphatic carboxylic acids is 2. The fourth-order valence-electron chi connectivity index (χ4n) is 2.96. The van der Waals surface area contributed by atoms with E-state index in [1.807, 2.05) is 30.3 Å². The van der Waals surface area contributed by atoms with Crippen LogP contribution in [0, 0.1) is 11.7 Å². The van der Waals surface area contributed by atoms with Gasteiger partial charge < -0.3 is 15.5 Å². The van der Waals surface area contributed by atoms with E-state index < -0.39 is 36.6 Å². The molecule has 0 bridgehead atoms. The largest absolute Gasteiger partial charge is 0.481 e. The molecule has 0 aliphatic rings. The predicted molar refractivity (Wildman–Crippen MR) is 101 cm³/mol. The molecule has 0 spiro atoms. The minimum atomic E-state index is -1.33. The molecule has 0 aliphatic carbocycles. The minimum Gasteiger partial charge on any atom is -0.481 e. The highest BCUT2D eigenvalue weighted by molar-refractivity contribution is 5.85. The number of carboxylic acid groups (broad SMARTS) is 2. The quantitative estimate of drug-likeness (QED) is 0.613. The standard InChI is InChI=1S/C21H22FNO5/c1-13(23-19(24)11-16(21(27)28)12-20(25)26)9-14-7-8-17(18(22)10-14)15-5-3-2-4-6-15/h2-8,10,13,16H,9,11-12H2,1H3,(H,23,24)(H,25,26)(H,27,28)/t13-,16-/m0/s1. The van der Waals surface area contributed by atoms with E-state index in [9.17, 15) is 18.8 Å². The zero-order valence-corrected chi connectivity index (χ0v) is 15.4. The fraction of sp³-hybridized carbons (Fsp3) is 0.286. The van der Waals surface area contributed by atoms with Crippen molar-refractivity contribution in [3.05, 3.63) is 59.9 Å². The van der Waals surface area contributed by atoms with Crippen molar-refractivity contribution in [3.8, 4) is 11.1 Å². The summed E-state index contributed by atoms with van der Waals surface area (Å²) in [5.74, 6) is -4.81. The number of hydrogen-bond acceptors (Lipinski definition) is 3. The SMILES string of the molecule is C[C@@H](Cc1ccc(-c2ccccc2)c(F)c1)NC(=O)C[C@@H](CC(=O)O)C(=O)O. The van der Waals surface area contributed by atoms with Gasteiger partial charge in [0.15, 0.2) is 0 Å². The molecule has 2 aromatic rings. The van der Waals surface area contributed by atoms with Crippen molar-refractivity contribution in [2.75, 3.05) is 0 Å². The summed E-state index contributed by atoms with van der Waals surface area (Å²) in [5, 5.41) is 20.4. The summed E-state index contributed by atoms with van der Waals surface area (Å²) in [6.07, 6.45) is -0.690. The second-order valence-electron chi connectivity index (χ2n) is 6.69. The van der Waals surface area contributed by atoms with E-state index in [4.69, 9.17) is 10.2 Å². The second-order valence-corrected chi connectivity index (χ2v) is 6.69. The molecular formula is C21H22FNO5. The van der Waals surface area contributed by atoms with E-state index in [2.05, 4.69) is 5.32 Å². The van der Waals surface area contributed by atoms with Gasteiger partial charge in [-0.2, -0.15) is 0 Å². The third kappa shape index (κ3) is 6.19. The number of carbonyl (C=O) groups is 3. The van der Waals surface area contributed by atoms with Gasteiger partial charge in [0.25, 0.3) is 0 Å². The summed E-state index contributed by atoms with van der Waals surface area (Å²) < 4.78 is 14.4. The molecule has 0 unspecified atom stereocenters. The summed E-state index contributed by atoms with van der Waals surface area (Å²) in [7, 11) is 0. The molecule has 2 atom stereocenters. The van der Waals surface area contributed by atoms with Crippen molar-refractivity contribution in [2.24, 2.45) is 5.92 Å². The molecule has 148 valence electrons. The molecule has 0 aliphatic heterocycles. The van der Waals surface area contributed by atoms with Crippen LogP contribution in [-0.2, 0) is 20.8 Å². The van der Waals surface area contributed by atoms with Gasteiger partial charge in [0.05, 0.1) is 12.3 Å². The Labute approximate surface area is 162 Å². The van der Waals surface area contributed by atoms with Gasteiger partial charge in [-0.1, -0.05) is 42.5 Å². The molecule has 0 saturated carbocycles. The Morgan fingerprint density at radius 2 is 1.71 bits per heavy atom. The summed E-state index contributed by atoms with van der Waals surface area (Å²) in [4.78, 5) is 33.7. The summed E-state index contributed by atoms with van der Waals surface area (Å²) in [6.45, 7) is 1.72. The lowest BCUT2D eigenvalue weighted by Gasteiger charge is -2.16. The van der Waals surface area contributed by atoms with Gasteiger partial charge in [-0.25, -0.2) is 4.39 Å². The van der Waals surface area contributed by atoms with Gasteiger partial charge in [0.2, 0.25) is 5.91 Å². The predicted octanol–water partition coefficient (Wildman–Crippen LogP) is 3.11. The molecular weight excluding hydrogens is 365 g/mol. The molecule has 0 heterocycles. The first-order valence-corrected chi connectivity index (χ1v) is 8.84. The van der Waals surface area contributed by atoms with Gasteiger partial charge in [0, 0.05) is 18.0 Å². The van der Waals surface area contributed by atoms with E-state index in [1.165, 1.54) is 6.07 Å². The lowest BCUT2D eigenvalue weighted by atomic mass is 9.99. The van der Waals surface area contributed by atoms with E-state index in [0.29, 0.717) is 17.5 Å². The van der Waals surface area contributed by atoms with Crippen LogP contribution in [0.2, 0.25) is 0 Å². The van der Waals surface area contributed by atoms with Gasteiger partial charge in [-0.3, -0.25) is 14.4 Å². The minimum absolute atomic E-state index is 0.356. The number of amides is 1. The molecule has 3 N–H and O–H groups in total. The highest BCUT2D eigenvalue weighted by Crippen LogP contribution is 2.23. The van der Waals surface area contributed by atoms with Crippen molar-refractivity contribution in [1.29, 1.82) is 0 Å². The molecule has 2 aromatic carbocycles. The molecule has 0 fully saturated rings. The number of rotatable bonds is 9. The van der Waals surface area contributed by atoms with E-state index >= 15 is 0 Å². The van der Waals surface area contributed by atoms with E-state index in [-0.39, 0.29) is 11.9 Å². The van der Waals surface area contributed by atoms with Gasteiger partial charge >= 0.3 is 11.9 Å². The number of hydrogen-bond donors (Lipinski definition) is 3. The highest BCUT2D eigenvalue weighted by Gasteiger charge is 2.24. The lowest BCUT2D eigenvalue weighted by Crippen LogP contribution is -2.36. The first-order valence-electron chi connectivity index (χ1n) is 8.84. The second kappa shape index (κ2) is 9.64. The highest BCUT2D eigenvalue weighted by atomic mass is 19.1. The number of benzene rings is 2. The zero-order chi connectivity index (χ0) is 20.7. The van der Waals surface area contributed by atoms with Crippen molar-refractivity contribution >= 4 is 17.8 Å². The Kier molecular flexibility index (Phi) is 7.26. The van der Waals surface area contributed by atoms with Crippen LogP contribution in [0.25, 0.3) is 11.1 Å². The van der Waals surface area contributed by atoms with Crippen molar-refractivity contribution in [1.82, 2.24) is 5.32 Å². The van der Waals surface area contributed by atoms with Gasteiger partial charge in [0.1, 0.15) is 5.82 Å². The first-order chi connectivity index (χ1) is 13.3. The Morgan fingerprint density at radius 3 is 2.29 bits per heavy atom. The lowest BCUT2D eigenvalue weighted by molar-refractivity contribution is -0.149. The van der Waals surface area contributed by atoms with Crippen LogP contribution in [0.1, 0.15) is 25.3 Å². The number of carbonyl (C=O) groups excluding carboxylic acids is 1. The van der Waals surface area contributed by atoms with E-state index in [0.717, 1.165) is 5.56 Å². The number of carboxylic acids is 2. The average molecular weight is 387 g/mol. The maximum Gasteiger partial charge on any atom is 0.307 e. The maximum atomic E-state index is 14.4. The molecule has 0 aromatic heterocycles. The Bertz CT molecular complexity index is 853. The van der Waals surface area contributed by atoms with Crippen molar-refractivity contribution < 1.29 is 29.0 Å². The number of halogens is 1. The molecule has 0 saturated heterocycles. The Morgan fingerprint density at radius 1 is 1.04 bits per heavy atom. The Hall–Kier alpha value is -3.22. The van der Waals surface area contributed by atoms with Gasteiger partial charge in [-0.05, 0) is 30.5 Å². The maximum absolute atomic E-state index is 14.4. The molecule has 6 nitrogen and oxygen atoms in total. The topological polar surface area (TPSA) is 104 Å². The number of nitrogens with one attached hydrogen (secondary N) is 1. The van der Waals surface area contributed by atoms with Crippen LogP contribution in [0.4, 0.5) is 4.39 Å². The normalized spacial score (nSPS) is 12.8. The summed E-state index contributed by atoms with van der Waals surface area (Å²) in [6, 6.07) is 13.6.